The second kappa shape index (κ2) is 7.58. The molecule has 0 atom stereocenters. The molecule has 1 aliphatic heterocycles. The maximum absolute atomic E-state index is 12.7. The number of rotatable bonds is 5. The lowest BCUT2D eigenvalue weighted by molar-refractivity contribution is -0.125. The Balaban J connectivity index is 1.37. The van der Waals surface area contributed by atoms with E-state index in [0.29, 0.717) is 31.9 Å². The molecule has 2 aromatic heterocycles. The summed E-state index contributed by atoms with van der Waals surface area (Å²) in [6.07, 6.45) is 5.20. The minimum atomic E-state index is 0.0261. The number of nitrogens with one attached hydrogen (secondary N) is 2. The maximum atomic E-state index is 12.7. The third-order valence-corrected chi connectivity index (χ3v) is 5.66. The van der Waals surface area contributed by atoms with Crippen LogP contribution in [0.15, 0.2) is 18.2 Å². The van der Waals surface area contributed by atoms with Crippen LogP contribution in [-0.4, -0.2) is 38.0 Å². The van der Waals surface area contributed by atoms with Crippen LogP contribution in [0.25, 0.3) is 0 Å². The standard InChI is InChI=1S/C20H27N5O2/c1-2-15-7-8-18(22-15)20(27)24-9-10-25-17(13-24)11-16(23-25)12-21-19(26)14-5-3-4-6-14/h7-8,11,14,22H,2-6,9-10,12-13H2,1H3,(H,21,26). The van der Waals surface area contributed by atoms with Gasteiger partial charge in [0.2, 0.25) is 5.91 Å². The number of aryl methyl sites for hydroxylation is 1. The molecule has 0 aromatic carbocycles. The summed E-state index contributed by atoms with van der Waals surface area (Å²) < 4.78 is 1.95. The lowest BCUT2D eigenvalue weighted by atomic mass is 10.1. The zero-order chi connectivity index (χ0) is 18.8. The van der Waals surface area contributed by atoms with E-state index in [0.717, 1.165) is 49.2 Å². The van der Waals surface area contributed by atoms with Gasteiger partial charge in [-0.1, -0.05) is 19.8 Å². The van der Waals surface area contributed by atoms with Gasteiger partial charge in [-0.25, -0.2) is 0 Å². The zero-order valence-electron chi connectivity index (χ0n) is 15.8. The number of H-pyrrole nitrogens is 1. The fourth-order valence-corrected chi connectivity index (χ4v) is 4.04. The number of aromatic nitrogens is 3. The van der Waals surface area contributed by atoms with Crippen LogP contribution in [0, 0.1) is 5.92 Å². The van der Waals surface area contributed by atoms with E-state index in [9.17, 15) is 9.59 Å². The molecule has 7 nitrogen and oxygen atoms in total. The van der Waals surface area contributed by atoms with Crippen LogP contribution < -0.4 is 5.32 Å². The molecule has 1 saturated carbocycles. The molecule has 1 fully saturated rings. The van der Waals surface area contributed by atoms with E-state index in [1.807, 2.05) is 27.8 Å². The smallest absolute Gasteiger partial charge is 0.270 e. The number of fused-ring (bicyclic) bond motifs is 1. The number of aromatic amines is 1. The van der Waals surface area contributed by atoms with Crippen molar-refractivity contribution in [1.29, 1.82) is 0 Å². The van der Waals surface area contributed by atoms with E-state index in [4.69, 9.17) is 0 Å². The number of carbonyl (C=O) groups excluding carboxylic acids is 2. The van der Waals surface area contributed by atoms with E-state index in [1.54, 1.807) is 0 Å². The van der Waals surface area contributed by atoms with Crippen LogP contribution in [-0.2, 0) is 30.8 Å². The molecule has 2 amide bonds. The highest BCUT2D eigenvalue weighted by molar-refractivity contribution is 5.92. The molecule has 27 heavy (non-hydrogen) atoms. The molecule has 0 saturated heterocycles. The summed E-state index contributed by atoms with van der Waals surface area (Å²) in [5.41, 5.74) is 3.59. The molecule has 0 radical (unpaired) electrons. The number of nitrogens with zero attached hydrogens (tertiary/aromatic N) is 3. The van der Waals surface area contributed by atoms with E-state index >= 15 is 0 Å². The molecule has 1 aliphatic carbocycles. The lowest BCUT2D eigenvalue weighted by Gasteiger charge is -2.27. The molecule has 0 unspecified atom stereocenters. The Morgan fingerprint density at radius 2 is 2.07 bits per heavy atom. The van der Waals surface area contributed by atoms with E-state index in [2.05, 4.69) is 22.3 Å². The first kappa shape index (κ1) is 17.8. The van der Waals surface area contributed by atoms with E-state index < -0.39 is 0 Å². The monoisotopic (exact) mass is 369 g/mol. The van der Waals surface area contributed by atoms with Gasteiger partial charge < -0.3 is 15.2 Å². The van der Waals surface area contributed by atoms with Gasteiger partial charge in [-0.3, -0.25) is 14.3 Å². The van der Waals surface area contributed by atoms with Gasteiger partial charge in [-0.05, 0) is 37.5 Å². The van der Waals surface area contributed by atoms with Crippen LogP contribution in [0.2, 0.25) is 0 Å². The topological polar surface area (TPSA) is 83.0 Å². The number of hydrogen-bond donors (Lipinski definition) is 2. The Hall–Kier alpha value is -2.57. The zero-order valence-corrected chi connectivity index (χ0v) is 15.8. The lowest BCUT2D eigenvalue weighted by Crippen LogP contribution is -2.38. The molecular formula is C20H27N5O2. The fraction of sp³-hybridized carbons (Fsp3) is 0.550. The first-order valence-electron chi connectivity index (χ1n) is 9.94. The maximum Gasteiger partial charge on any atom is 0.270 e. The molecular weight excluding hydrogens is 342 g/mol. The first-order chi connectivity index (χ1) is 13.1. The molecule has 144 valence electrons. The van der Waals surface area contributed by atoms with Crippen LogP contribution in [0.5, 0.6) is 0 Å². The normalized spacial score (nSPS) is 17.1. The van der Waals surface area contributed by atoms with Crippen molar-refractivity contribution in [2.45, 2.75) is 58.7 Å². The summed E-state index contributed by atoms with van der Waals surface area (Å²) in [7, 11) is 0. The van der Waals surface area contributed by atoms with Crippen LogP contribution in [0.1, 0.15) is 60.2 Å². The Labute approximate surface area is 159 Å². The molecule has 2 aromatic rings. The highest BCUT2D eigenvalue weighted by atomic mass is 16.2. The summed E-state index contributed by atoms with van der Waals surface area (Å²) in [6, 6.07) is 5.82. The predicted molar refractivity (Wildman–Crippen MR) is 101 cm³/mol. The minimum Gasteiger partial charge on any atom is -0.354 e. The van der Waals surface area contributed by atoms with Crippen LogP contribution in [0.4, 0.5) is 0 Å². The Bertz CT molecular complexity index is 831. The van der Waals surface area contributed by atoms with Gasteiger partial charge in [-0.15, -0.1) is 0 Å². The van der Waals surface area contributed by atoms with Crippen molar-refractivity contribution in [1.82, 2.24) is 25.0 Å². The molecule has 2 aliphatic rings. The SMILES string of the molecule is CCc1ccc(C(=O)N2CCn3nc(CNC(=O)C4CCCC4)cc3C2)[nH]1. The van der Waals surface area contributed by atoms with E-state index in [-0.39, 0.29) is 17.7 Å². The average Bonchev–Trinajstić information content (AvgIpc) is 3.44. The van der Waals surface area contributed by atoms with Gasteiger partial charge in [0.25, 0.3) is 5.91 Å². The highest BCUT2D eigenvalue weighted by Gasteiger charge is 2.25. The highest BCUT2D eigenvalue weighted by Crippen LogP contribution is 2.24. The second-order valence-electron chi connectivity index (χ2n) is 7.53. The molecule has 7 heteroatoms. The van der Waals surface area contributed by atoms with Crippen molar-refractivity contribution in [3.05, 3.63) is 41.0 Å². The van der Waals surface area contributed by atoms with Crippen molar-refractivity contribution in [3.63, 3.8) is 0 Å². The molecule has 3 heterocycles. The Morgan fingerprint density at radius 3 is 2.81 bits per heavy atom. The third-order valence-electron chi connectivity index (χ3n) is 5.66. The number of hydrogen-bond acceptors (Lipinski definition) is 3. The summed E-state index contributed by atoms with van der Waals surface area (Å²) in [5.74, 6) is 0.344. The van der Waals surface area contributed by atoms with Crippen molar-refractivity contribution in [3.8, 4) is 0 Å². The third kappa shape index (κ3) is 3.77. The van der Waals surface area contributed by atoms with Crippen molar-refractivity contribution in [2.75, 3.05) is 6.54 Å². The molecule has 0 bridgehead atoms. The largest absolute Gasteiger partial charge is 0.354 e. The molecule has 0 spiro atoms. The summed E-state index contributed by atoms with van der Waals surface area (Å²) >= 11 is 0. The molecule has 4 rings (SSSR count). The summed E-state index contributed by atoms with van der Waals surface area (Å²) in [5, 5.41) is 7.61. The van der Waals surface area contributed by atoms with E-state index in [1.165, 1.54) is 0 Å². The Kier molecular flexibility index (Phi) is 5.01. The quantitative estimate of drug-likeness (QED) is 0.848. The molecule has 2 N–H and O–H groups in total. The average molecular weight is 369 g/mol. The summed E-state index contributed by atoms with van der Waals surface area (Å²) in [6.45, 7) is 4.38. The van der Waals surface area contributed by atoms with Gasteiger partial charge in [-0.2, -0.15) is 5.10 Å². The van der Waals surface area contributed by atoms with Crippen molar-refractivity contribution in [2.24, 2.45) is 5.92 Å². The first-order valence-corrected chi connectivity index (χ1v) is 9.94. The van der Waals surface area contributed by atoms with Crippen LogP contribution in [0.3, 0.4) is 0 Å². The second-order valence-corrected chi connectivity index (χ2v) is 7.53. The van der Waals surface area contributed by atoms with Gasteiger partial charge in [0.15, 0.2) is 0 Å². The number of carbonyl (C=O) groups is 2. The van der Waals surface area contributed by atoms with Gasteiger partial charge in [0.05, 0.1) is 31.0 Å². The summed E-state index contributed by atoms with van der Waals surface area (Å²) in [4.78, 5) is 29.9. The van der Waals surface area contributed by atoms with Crippen molar-refractivity contribution < 1.29 is 9.59 Å². The Morgan fingerprint density at radius 1 is 1.26 bits per heavy atom. The van der Waals surface area contributed by atoms with Crippen molar-refractivity contribution >= 4 is 11.8 Å². The van der Waals surface area contributed by atoms with Crippen LogP contribution >= 0.6 is 0 Å². The number of amides is 2. The van der Waals surface area contributed by atoms with Gasteiger partial charge in [0, 0.05) is 18.2 Å². The fourth-order valence-electron chi connectivity index (χ4n) is 4.04. The minimum absolute atomic E-state index is 0.0261. The van der Waals surface area contributed by atoms with Gasteiger partial charge in [0.1, 0.15) is 5.69 Å². The predicted octanol–water partition coefficient (Wildman–Crippen LogP) is 2.24. The van der Waals surface area contributed by atoms with Gasteiger partial charge >= 0.3 is 0 Å².